The number of halogens is 2. The van der Waals surface area contributed by atoms with Crippen LogP contribution in [0.2, 0.25) is 0 Å². The Hall–Kier alpha value is 0.580. The SMILES string of the molecule is CC(C)N1CCCCC(CN)C1c1cc(Br)c(Br)s1. The van der Waals surface area contributed by atoms with Crippen LogP contribution in [0, 0.1) is 5.92 Å². The summed E-state index contributed by atoms with van der Waals surface area (Å²) in [5.74, 6) is 0.572. The van der Waals surface area contributed by atoms with E-state index >= 15 is 0 Å². The third-order valence-electron chi connectivity index (χ3n) is 3.97. The smallest absolute Gasteiger partial charge is 0.0843 e. The molecule has 2 heterocycles. The molecule has 19 heavy (non-hydrogen) atoms. The van der Waals surface area contributed by atoms with Gasteiger partial charge in [-0.1, -0.05) is 6.42 Å². The average molecular weight is 410 g/mol. The van der Waals surface area contributed by atoms with Gasteiger partial charge in [0.05, 0.1) is 3.79 Å². The molecule has 1 aromatic rings. The molecule has 108 valence electrons. The maximum Gasteiger partial charge on any atom is 0.0843 e. The van der Waals surface area contributed by atoms with Crippen molar-refractivity contribution in [3.63, 3.8) is 0 Å². The molecule has 2 N–H and O–H groups in total. The molecule has 1 aliphatic heterocycles. The van der Waals surface area contributed by atoms with Crippen LogP contribution in [0.5, 0.6) is 0 Å². The molecule has 0 aliphatic carbocycles. The van der Waals surface area contributed by atoms with E-state index in [1.54, 1.807) is 0 Å². The summed E-state index contributed by atoms with van der Waals surface area (Å²) in [7, 11) is 0. The van der Waals surface area contributed by atoms with Crippen molar-refractivity contribution in [2.24, 2.45) is 11.7 Å². The highest BCUT2D eigenvalue weighted by atomic mass is 79.9. The number of rotatable bonds is 3. The van der Waals surface area contributed by atoms with E-state index in [1.807, 2.05) is 11.3 Å². The Morgan fingerprint density at radius 1 is 1.42 bits per heavy atom. The van der Waals surface area contributed by atoms with Crippen molar-refractivity contribution in [3.8, 4) is 0 Å². The molecule has 5 heteroatoms. The highest BCUT2D eigenvalue weighted by Gasteiger charge is 2.33. The number of likely N-dealkylation sites (tertiary alicyclic amines) is 1. The van der Waals surface area contributed by atoms with Gasteiger partial charge in [-0.15, -0.1) is 11.3 Å². The zero-order valence-corrected chi connectivity index (χ0v) is 15.5. The summed E-state index contributed by atoms with van der Waals surface area (Å²) >= 11 is 9.08. The summed E-state index contributed by atoms with van der Waals surface area (Å²) < 4.78 is 2.35. The lowest BCUT2D eigenvalue weighted by Crippen LogP contribution is -2.39. The molecule has 0 bridgehead atoms. The number of nitrogens with two attached hydrogens (primary N) is 1. The van der Waals surface area contributed by atoms with Crippen molar-refractivity contribution in [1.82, 2.24) is 4.90 Å². The van der Waals surface area contributed by atoms with Gasteiger partial charge in [-0.2, -0.15) is 0 Å². The van der Waals surface area contributed by atoms with Gasteiger partial charge in [-0.25, -0.2) is 0 Å². The molecule has 1 aliphatic rings. The van der Waals surface area contributed by atoms with E-state index in [-0.39, 0.29) is 0 Å². The zero-order valence-electron chi connectivity index (χ0n) is 11.5. The Bertz CT molecular complexity index is 400. The lowest BCUT2D eigenvalue weighted by atomic mass is 9.93. The first-order valence-electron chi connectivity index (χ1n) is 6.95. The van der Waals surface area contributed by atoms with Gasteiger partial charge >= 0.3 is 0 Å². The molecule has 2 nitrogen and oxygen atoms in total. The molecular weight excluding hydrogens is 388 g/mol. The van der Waals surface area contributed by atoms with Gasteiger partial charge in [0.1, 0.15) is 0 Å². The minimum atomic E-state index is 0.472. The predicted octanol–water partition coefficient (Wildman–Crippen LogP) is 4.78. The fraction of sp³-hybridized carbons (Fsp3) is 0.714. The number of thiophene rings is 1. The number of hydrogen-bond donors (Lipinski definition) is 1. The summed E-state index contributed by atoms with van der Waals surface area (Å²) in [4.78, 5) is 4.07. The van der Waals surface area contributed by atoms with Crippen LogP contribution in [-0.2, 0) is 0 Å². The number of nitrogens with zero attached hydrogens (tertiary/aromatic N) is 1. The minimum absolute atomic E-state index is 0.472. The highest BCUT2D eigenvalue weighted by Crippen LogP contribution is 2.43. The highest BCUT2D eigenvalue weighted by molar-refractivity contribution is 9.13. The van der Waals surface area contributed by atoms with Crippen LogP contribution in [0.1, 0.15) is 44.0 Å². The molecule has 0 saturated carbocycles. The van der Waals surface area contributed by atoms with Crippen molar-refractivity contribution >= 4 is 43.2 Å². The Balaban J connectivity index is 2.36. The molecule has 0 amide bonds. The first-order valence-corrected chi connectivity index (χ1v) is 9.35. The lowest BCUT2D eigenvalue weighted by molar-refractivity contribution is 0.124. The van der Waals surface area contributed by atoms with Gasteiger partial charge in [-0.05, 0) is 83.6 Å². The van der Waals surface area contributed by atoms with Crippen molar-refractivity contribution in [1.29, 1.82) is 0 Å². The topological polar surface area (TPSA) is 29.3 Å². The predicted molar refractivity (Wildman–Crippen MR) is 90.7 cm³/mol. The second-order valence-corrected chi connectivity index (χ2v) is 8.79. The van der Waals surface area contributed by atoms with Crippen LogP contribution < -0.4 is 5.73 Å². The first kappa shape index (κ1) is 16.0. The van der Waals surface area contributed by atoms with Gasteiger partial charge in [0, 0.05) is 21.4 Å². The molecule has 0 aromatic carbocycles. The molecular formula is C14H22Br2N2S. The van der Waals surface area contributed by atoms with E-state index < -0.39 is 0 Å². The van der Waals surface area contributed by atoms with E-state index in [4.69, 9.17) is 5.73 Å². The standard InChI is InChI=1S/C14H22Br2N2S/c1-9(2)18-6-4-3-5-10(8-17)13(18)12-7-11(15)14(16)19-12/h7,9-10,13H,3-6,8,17H2,1-2H3. The first-order chi connectivity index (χ1) is 9.04. The van der Waals surface area contributed by atoms with Gasteiger partial charge in [0.2, 0.25) is 0 Å². The summed E-state index contributed by atoms with van der Waals surface area (Å²) in [6.45, 7) is 6.56. The fourth-order valence-corrected chi connectivity index (χ4v) is 5.30. The van der Waals surface area contributed by atoms with E-state index in [2.05, 4.69) is 56.7 Å². The van der Waals surface area contributed by atoms with Crippen molar-refractivity contribution in [2.45, 2.75) is 45.2 Å². The molecule has 2 rings (SSSR count). The Labute approximate surface area is 137 Å². The molecule has 1 fully saturated rings. The second-order valence-electron chi connectivity index (χ2n) is 5.54. The summed E-state index contributed by atoms with van der Waals surface area (Å²) in [6, 6.07) is 3.31. The van der Waals surface area contributed by atoms with E-state index in [0.717, 1.165) is 11.0 Å². The van der Waals surface area contributed by atoms with Crippen LogP contribution in [0.25, 0.3) is 0 Å². The molecule has 0 radical (unpaired) electrons. The Morgan fingerprint density at radius 2 is 2.16 bits per heavy atom. The third kappa shape index (κ3) is 3.62. The Morgan fingerprint density at radius 3 is 2.68 bits per heavy atom. The monoisotopic (exact) mass is 408 g/mol. The van der Waals surface area contributed by atoms with Crippen LogP contribution in [0.3, 0.4) is 0 Å². The second kappa shape index (κ2) is 7.03. The van der Waals surface area contributed by atoms with Crippen LogP contribution in [-0.4, -0.2) is 24.0 Å². The number of hydrogen-bond acceptors (Lipinski definition) is 3. The van der Waals surface area contributed by atoms with Crippen LogP contribution in [0.15, 0.2) is 14.3 Å². The largest absolute Gasteiger partial charge is 0.330 e. The zero-order chi connectivity index (χ0) is 14.0. The molecule has 2 unspecified atom stereocenters. The normalized spacial score (nSPS) is 25.8. The van der Waals surface area contributed by atoms with Gasteiger partial charge in [-0.3, -0.25) is 4.90 Å². The lowest BCUT2D eigenvalue weighted by Gasteiger charge is -2.37. The van der Waals surface area contributed by atoms with E-state index in [0.29, 0.717) is 18.0 Å². The fourth-order valence-electron chi connectivity index (χ4n) is 3.00. The molecule has 1 aromatic heterocycles. The van der Waals surface area contributed by atoms with Crippen molar-refractivity contribution < 1.29 is 0 Å². The summed E-state index contributed by atoms with van der Waals surface area (Å²) in [5, 5.41) is 0. The van der Waals surface area contributed by atoms with Crippen LogP contribution in [0.4, 0.5) is 0 Å². The minimum Gasteiger partial charge on any atom is -0.330 e. The maximum absolute atomic E-state index is 6.06. The quantitative estimate of drug-likeness (QED) is 0.777. The molecule has 1 saturated heterocycles. The summed E-state index contributed by atoms with van der Waals surface area (Å²) in [5.41, 5.74) is 6.06. The van der Waals surface area contributed by atoms with Gasteiger partial charge < -0.3 is 5.73 Å². The maximum atomic E-state index is 6.06. The molecule has 0 spiro atoms. The van der Waals surface area contributed by atoms with Gasteiger partial charge in [0.25, 0.3) is 0 Å². The summed E-state index contributed by atoms with van der Waals surface area (Å²) in [6.07, 6.45) is 3.84. The van der Waals surface area contributed by atoms with E-state index in [1.165, 1.54) is 34.5 Å². The van der Waals surface area contributed by atoms with Crippen LogP contribution >= 0.6 is 43.2 Å². The molecule has 2 atom stereocenters. The average Bonchev–Trinajstić information content (AvgIpc) is 2.60. The van der Waals surface area contributed by atoms with Gasteiger partial charge in [0.15, 0.2) is 0 Å². The Kier molecular flexibility index (Phi) is 5.90. The van der Waals surface area contributed by atoms with E-state index in [9.17, 15) is 0 Å². The third-order valence-corrected chi connectivity index (χ3v) is 7.29. The van der Waals surface area contributed by atoms with Crippen molar-refractivity contribution in [3.05, 3.63) is 19.2 Å². The van der Waals surface area contributed by atoms with Crippen molar-refractivity contribution in [2.75, 3.05) is 13.1 Å².